The summed E-state index contributed by atoms with van der Waals surface area (Å²) in [6, 6.07) is 12.7. The molecule has 1 N–H and O–H groups in total. The zero-order chi connectivity index (χ0) is 18.7. The van der Waals surface area contributed by atoms with Gasteiger partial charge in [0.05, 0.1) is 11.5 Å². The van der Waals surface area contributed by atoms with Crippen LogP contribution in [-0.2, 0) is 11.2 Å². The molecule has 0 aliphatic heterocycles. The molecule has 0 saturated carbocycles. The van der Waals surface area contributed by atoms with Crippen LogP contribution in [0, 0.1) is 10.1 Å². The molecule has 136 valence electrons. The number of nitro benzene ring substituents is 1. The maximum Gasteiger partial charge on any atom is 0.294 e. The number of nitrogens with zero attached hydrogens (tertiary/aromatic N) is 2. The molecule has 0 radical (unpaired) electrons. The quantitative estimate of drug-likeness (QED) is 0.629. The van der Waals surface area contributed by atoms with E-state index in [9.17, 15) is 14.9 Å². The standard InChI is InChI=1S/C19H20ClN3O3/c1-22(17-8-4-6-13-5-2-3-7-15(13)17)12-19(24)21-16-10-9-14(20)11-18(16)23(25)26/h2-3,5,7,9-11,17H,4,6,8,12H2,1H3,(H,21,24)/t17-/m1/s1. The Bertz CT molecular complexity index is 841. The number of hydrogen-bond donors (Lipinski definition) is 1. The second-order valence-corrected chi connectivity index (χ2v) is 6.93. The van der Waals surface area contributed by atoms with Crippen molar-refractivity contribution in [3.8, 4) is 0 Å². The van der Waals surface area contributed by atoms with Crippen LogP contribution in [0.3, 0.4) is 0 Å². The van der Waals surface area contributed by atoms with E-state index < -0.39 is 4.92 Å². The van der Waals surface area contributed by atoms with Gasteiger partial charge in [0.25, 0.3) is 5.69 Å². The molecule has 1 aliphatic rings. The van der Waals surface area contributed by atoms with Crippen molar-refractivity contribution < 1.29 is 9.72 Å². The van der Waals surface area contributed by atoms with Crippen LogP contribution in [-0.4, -0.2) is 29.3 Å². The minimum Gasteiger partial charge on any atom is -0.319 e. The first-order chi connectivity index (χ1) is 12.5. The van der Waals surface area contributed by atoms with E-state index in [1.165, 1.54) is 29.3 Å². The SMILES string of the molecule is CN(CC(=O)Nc1ccc(Cl)cc1[N+](=O)[O-])[C@@H]1CCCc2ccccc21. The molecule has 0 bridgehead atoms. The van der Waals surface area contributed by atoms with Gasteiger partial charge in [-0.3, -0.25) is 19.8 Å². The summed E-state index contributed by atoms with van der Waals surface area (Å²) < 4.78 is 0. The molecule has 0 spiro atoms. The van der Waals surface area contributed by atoms with Crippen LogP contribution in [0.1, 0.15) is 30.0 Å². The number of amides is 1. The summed E-state index contributed by atoms with van der Waals surface area (Å²) in [7, 11) is 1.91. The van der Waals surface area contributed by atoms with E-state index in [1.807, 2.05) is 24.1 Å². The lowest BCUT2D eigenvalue weighted by atomic mass is 9.87. The number of anilines is 1. The molecule has 7 heteroatoms. The Morgan fingerprint density at radius 2 is 2.12 bits per heavy atom. The van der Waals surface area contributed by atoms with Gasteiger partial charge in [-0.25, -0.2) is 0 Å². The molecule has 0 saturated heterocycles. The molecular weight excluding hydrogens is 354 g/mol. The summed E-state index contributed by atoms with van der Waals surface area (Å²) in [5, 5.41) is 14.0. The van der Waals surface area contributed by atoms with E-state index >= 15 is 0 Å². The maximum absolute atomic E-state index is 12.4. The number of carbonyl (C=O) groups is 1. The number of hydrogen-bond acceptors (Lipinski definition) is 4. The van der Waals surface area contributed by atoms with Gasteiger partial charge in [-0.1, -0.05) is 35.9 Å². The van der Waals surface area contributed by atoms with Gasteiger partial charge in [-0.05, 0) is 49.6 Å². The van der Waals surface area contributed by atoms with Crippen molar-refractivity contribution in [3.63, 3.8) is 0 Å². The second kappa shape index (κ2) is 7.85. The Morgan fingerprint density at radius 1 is 1.35 bits per heavy atom. The normalized spacial score (nSPS) is 16.2. The molecule has 1 amide bonds. The summed E-state index contributed by atoms with van der Waals surface area (Å²) in [5.74, 6) is -0.291. The first kappa shape index (κ1) is 18.4. The van der Waals surface area contributed by atoms with Crippen LogP contribution in [0.5, 0.6) is 0 Å². The van der Waals surface area contributed by atoms with Gasteiger partial charge < -0.3 is 5.32 Å². The van der Waals surface area contributed by atoms with Crippen LogP contribution in [0.25, 0.3) is 0 Å². The van der Waals surface area contributed by atoms with Gasteiger partial charge in [0.2, 0.25) is 5.91 Å². The van der Waals surface area contributed by atoms with Crippen molar-refractivity contribution in [1.29, 1.82) is 0 Å². The van der Waals surface area contributed by atoms with E-state index in [0.29, 0.717) is 0 Å². The zero-order valence-corrected chi connectivity index (χ0v) is 15.2. The lowest BCUT2D eigenvalue weighted by Crippen LogP contribution is -2.35. The van der Waals surface area contributed by atoms with Crippen LogP contribution in [0.4, 0.5) is 11.4 Å². The maximum atomic E-state index is 12.4. The average molecular weight is 374 g/mol. The minimum absolute atomic E-state index is 0.152. The molecule has 2 aromatic rings. The topological polar surface area (TPSA) is 75.5 Å². The van der Waals surface area contributed by atoms with Gasteiger partial charge in [-0.2, -0.15) is 0 Å². The molecule has 0 fully saturated rings. The fraction of sp³-hybridized carbons (Fsp3) is 0.316. The summed E-state index contributed by atoms with van der Waals surface area (Å²) in [6.07, 6.45) is 3.13. The summed E-state index contributed by atoms with van der Waals surface area (Å²) in [4.78, 5) is 25.0. The van der Waals surface area contributed by atoms with Crippen molar-refractivity contribution in [2.24, 2.45) is 0 Å². The monoisotopic (exact) mass is 373 g/mol. The molecule has 1 atom stereocenters. The summed E-state index contributed by atoms with van der Waals surface area (Å²) in [5.41, 5.74) is 2.52. The molecule has 0 heterocycles. The third kappa shape index (κ3) is 4.03. The number of rotatable bonds is 5. The molecule has 0 unspecified atom stereocenters. The number of fused-ring (bicyclic) bond motifs is 1. The molecule has 6 nitrogen and oxygen atoms in total. The molecule has 2 aromatic carbocycles. The van der Waals surface area contributed by atoms with Crippen molar-refractivity contribution in [2.75, 3.05) is 18.9 Å². The van der Waals surface area contributed by atoms with Crippen molar-refractivity contribution in [1.82, 2.24) is 4.90 Å². The number of carbonyl (C=O) groups excluding carboxylic acids is 1. The number of likely N-dealkylation sites (N-methyl/N-ethyl adjacent to an activating group) is 1. The molecule has 0 aromatic heterocycles. The Hall–Kier alpha value is -2.44. The van der Waals surface area contributed by atoms with Gasteiger partial charge in [0.1, 0.15) is 5.69 Å². The average Bonchev–Trinajstić information content (AvgIpc) is 2.62. The lowest BCUT2D eigenvalue weighted by Gasteiger charge is -2.32. The third-order valence-corrected chi connectivity index (χ3v) is 4.93. The zero-order valence-electron chi connectivity index (χ0n) is 14.4. The molecular formula is C19H20ClN3O3. The van der Waals surface area contributed by atoms with Gasteiger partial charge in [0.15, 0.2) is 0 Å². The first-order valence-electron chi connectivity index (χ1n) is 8.47. The van der Waals surface area contributed by atoms with E-state index in [2.05, 4.69) is 17.4 Å². The number of nitrogens with one attached hydrogen (secondary N) is 1. The Morgan fingerprint density at radius 3 is 2.88 bits per heavy atom. The van der Waals surface area contributed by atoms with E-state index in [0.717, 1.165) is 19.3 Å². The fourth-order valence-electron chi connectivity index (χ4n) is 3.47. The number of aryl methyl sites for hydroxylation is 1. The highest BCUT2D eigenvalue weighted by atomic mass is 35.5. The number of nitro groups is 1. The predicted molar refractivity (Wildman–Crippen MR) is 101 cm³/mol. The highest BCUT2D eigenvalue weighted by Crippen LogP contribution is 2.33. The van der Waals surface area contributed by atoms with Crippen LogP contribution in [0.15, 0.2) is 42.5 Å². The van der Waals surface area contributed by atoms with Crippen molar-refractivity contribution >= 4 is 28.9 Å². The van der Waals surface area contributed by atoms with Gasteiger partial charge in [0, 0.05) is 17.1 Å². The fourth-order valence-corrected chi connectivity index (χ4v) is 3.64. The first-order valence-corrected chi connectivity index (χ1v) is 8.85. The van der Waals surface area contributed by atoms with Crippen LogP contribution < -0.4 is 5.32 Å². The second-order valence-electron chi connectivity index (χ2n) is 6.49. The van der Waals surface area contributed by atoms with E-state index in [-0.39, 0.29) is 34.9 Å². The van der Waals surface area contributed by atoms with E-state index in [1.54, 1.807) is 0 Å². The Balaban J connectivity index is 1.71. The highest BCUT2D eigenvalue weighted by Gasteiger charge is 2.25. The molecule has 26 heavy (non-hydrogen) atoms. The lowest BCUT2D eigenvalue weighted by molar-refractivity contribution is -0.383. The van der Waals surface area contributed by atoms with Crippen molar-refractivity contribution in [3.05, 3.63) is 68.7 Å². The molecule has 3 rings (SSSR count). The largest absolute Gasteiger partial charge is 0.319 e. The summed E-state index contributed by atoms with van der Waals surface area (Å²) in [6.45, 7) is 0.152. The number of halogens is 1. The summed E-state index contributed by atoms with van der Waals surface area (Å²) >= 11 is 5.81. The van der Waals surface area contributed by atoms with Crippen LogP contribution >= 0.6 is 11.6 Å². The van der Waals surface area contributed by atoms with E-state index in [4.69, 9.17) is 11.6 Å². The third-order valence-electron chi connectivity index (χ3n) is 4.69. The highest BCUT2D eigenvalue weighted by molar-refractivity contribution is 6.31. The Kier molecular flexibility index (Phi) is 5.54. The van der Waals surface area contributed by atoms with Gasteiger partial charge >= 0.3 is 0 Å². The van der Waals surface area contributed by atoms with Gasteiger partial charge in [-0.15, -0.1) is 0 Å². The van der Waals surface area contributed by atoms with Crippen LogP contribution in [0.2, 0.25) is 5.02 Å². The van der Waals surface area contributed by atoms with Crippen molar-refractivity contribution in [2.45, 2.75) is 25.3 Å². The molecule has 1 aliphatic carbocycles. The number of benzene rings is 2. The Labute approximate surface area is 156 Å². The minimum atomic E-state index is -0.553. The predicted octanol–water partition coefficient (Wildman–Crippen LogP) is 4.20. The smallest absolute Gasteiger partial charge is 0.294 e.